The number of nitrogens with one attached hydrogen (secondary N) is 2. The van der Waals surface area contributed by atoms with Crippen LogP contribution in [0, 0.1) is 5.82 Å². The SMILES string of the molecule is C[C@@H](NC(=O)[C@H](Cc1ccccc1)NS(=O)(=O)c1ccccc1F)c1ccc(-n2ccnc2)cc1. The summed E-state index contributed by atoms with van der Waals surface area (Å²) in [5, 5.41) is 2.88. The van der Waals surface area contributed by atoms with E-state index in [0.29, 0.717) is 0 Å². The van der Waals surface area contributed by atoms with Crippen molar-refractivity contribution in [2.24, 2.45) is 0 Å². The fourth-order valence-electron chi connectivity index (χ4n) is 3.70. The number of carbonyl (C=O) groups is 1. The van der Waals surface area contributed by atoms with Crippen molar-refractivity contribution in [2.45, 2.75) is 30.3 Å². The molecule has 0 bridgehead atoms. The molecule has 1 amide bonds. The maximum absolute atomic E-state index is 14.2. The van der Waals surface area contributed by atoms with Gasteiger partial charge in [-0.05, 0) is 48.7 Å². The van der Waals surface area contributed by atoms with E-state index in [1.165, 1.54) is 18.2 Å². The molecule has 35 heavy (non-hydrogen) atoms. The fourth-order valence-corrected chi connectivity index (χ4v) is 4.97. The van der Waals surface area contributed by atoms with E-state index in [1.807, 2.05) is 48.0 Å². The number of sulfonamides is 1. The quantitative estimate of drug-likeness (QED) is 0.372. The van der Waals surface area contributed by atoms with E-state index in [4.69, 9.17) is 0 Å². The van der Waals surface area contributed by atoms with Gasteiger partial charge in [0.15, 0.2) is 0 Å². The van der Waals surface area contributed by atoms with Crippen LogP contribution in [-0.2, 0) is 21.2 Å². The molecule has 0 aliphatic heterocycles. The van der Waals surface area contributed by atoms with Crippen molar-refractivity contribution in [1.82, 2.24) is 19.6 Å². The van der Waals surface area contributed by atoms with Gasteiger partial charge in [-0.25, -0.2) is 17.8 Å². The number of hydrogen-bond acceptors (Lipinski definition) is 4. The van der Waals surface area contributed by atoms with E-state index >= 15 is 0 Å². The third-order valence-electron chi connectivity index (χ3n) is 5.58. The number of benzene rings is 3. The highest BCUT2D eigenvalue weighted by molar-refractivity contribution is 7.89. The first kappa shape index (κ1) is 24.3. The molecule has 7 nitrogen and oxygen atoms in total. The predicted octanol–water partition coefficient (Wildman–Crippen LogP) is 3.78. The third-order valence-corrected chi connectivity index (χ3v) is 7.08. The van der Waals surface area contributed by atoms with Crippen molar-refractivity contribution in [3.05, 3.63) is 115 Å². The topological polar surface area (TPSA) is 93.1 Å². The van der Waals surface area contributed by atoms with Crippen molar-refractivity contribution in [3.8, 4) is 5.69 Å². The molecule has 0 saturated carbocycles. The Morgan fingerprint density at radius 2 is 1.69 bits per heavy atom. The van der Waals surface area contributed by atoms with Crippen LogP contribution in [-0.4, -0.2) is 29.9 Å². The molecule has 0 aliphatic rings. The standard InChI is InChI=1S/C26H25FN4O3S/c1-19(21-11-13-22(14-12-21)31-16-15-28-18-31)29-26(32)24(17-20-7-3-2-4-8-20)30-35(33,34)25-10-6-5-9-23(25)27/h2-16,18-19,24,30H,17H2,1H3,(H,29,32)/t19-,24+/m1/s1. The highest BCUT2D eigenvalue weighted by atomic mass is 32.2. The Hall–Kier alpha value is -3.82. The number of aromatic nitrogens is 2. The van der Waals surface area contributed by atoms with Crippen molar-refractivity contribution in [3.63, 3.8) is 0 Å². The lowest BCUT2D eigenvalue weighted by Gasteiger charge is -2.22. The summed E-state index contributed by atoms with van der Waals surface area (Å²) in [7, 11) is -4.28. The molecule has 0 unspecified atom stereocenters. The van der Waals surface area contributed by atoms with Gasteiger partial charge in [-0.1, -0.05) is 54.6 Å². The van der Waals surface area contributed by atoms with Gasteiger partial charge in [0.25, 0.3) is 0 Å². The number of hydrogen-bond donors (Lipinski definition) is 2. The predicted molar refractivity (Wildman–Crippen MR) is 131 cm³/mol. The summed E-state index contributed by atoms with van der Waals surface area (Å²) in [5.74, 6) is -1.40. The van der Waals surface area contributed by atoms with Crippen LogP contribution in [0.15, 0.2) is 102 Å². The first-order valence-electron chi connectivity index (χ1n) is 11.0. The van der Waals surface area contributed by atoms with E-state index in [2.05, 4.69) is 15.0 Å². The average Bonchev–Trinajstić information content (AvgIpc) is 3.39. The van der Waals surface area contributed by atoms with Crippen LogP contribution in [0.1, 0.15) is 24.1 Å². The molecule has 0 fully saturated rings. The molecule has 4 rings (SSSR count). The Kier molecular flexibility index (Phi) is 7.38. The number of halogens is 1. The molecule has 0 radical (unpaired) electrons. The first-order valence-corrected chi connectivity index (χ1v) is 12.5. The second-order valence-corrected chi connectivity index (χ2v) is 9.77. The van der Waals surface area contributed by atoms with Crippen molar-refractivity contribution in [2.75, 3.05) is 0 Å². The summed E-state index contributed by atoms with van der Waals surface area (Å²) in [6.07, 6.45) is 5.31. The molecule has 1 heterocycles. The smallest absolute Gasteiger partial charge is 0.244 e. The minimum atomic E-state index is -4.28. The summed E-state index contributed by atoms with van der Waals surface area (Å²) < 4.78 is 44.3. The molecule has 180 valence electrons. The number of amides is 1. The second-order valence-electron chi connectivity index (χ2n) is 8.09. The van der Waals surface area contributed by atoms with Gasteiger partial charge in [-0.2, -0.15) is 4.72 Å². The molecule has 1 aromatic heterocycles. The van der Waals surface area contributed by atoms with Crippen LogP contribution in [0.4, 0.5) is 4.39 Å². The van der Waals surface area contributed by atoms with Crippen LogP contribution < -0.4 is 10.0 Å². The lowest BCUT2D eigenvalue weighted by molar-refractivity contribution is -0.123. The Morgan fingerprint density at radius 1 is 1.00 bits per heavy atom. The average molecular weight is 493 g/mol. The van der Waals surface area contributed by atoms with Crippen molar-refractivity contribution >= 4 is 15.9 Å². The van der Waals surface area contributed by atoms with Gasteiger partial charge >= 0.3 is 0 Å². The summed E-state index contributed by atoms with van der Waals surface area (Å²) in [4.78, 5) is 16.8. The fraction of sp³-hybridized carbons (Fsp3) is 0.154. The zero-order valence-electron chi connectivity index (χ0n) is 19.0. The van der Waals surface area contributed by atoms with Gasteiger partial charge in [0.05, 0.1) is 12.4 Å². The van der Waals surface area contributed by atoms with Crippen molar-refractivity contribution < 1.29 is 17.6 Å². The Morgan fingerprint density at radius 3 is 2.34 bits per heavy atom. The number of imidazole rings is 1. The molecule has 0 spiro atoms. The Bertz CT molecular complexity index is 1380. The van der Waals surface area contributed by atoms with Gasteiger partial charge in [0.1, 0.15) is 16.8 Å². The van der Waals surface area contributed by atoms with Crippen LogP contribution in [0.3, 0.4) is 0 Å². The molecule has 2 N–H and O–H groups in total. The van der Waals surface area contributed by atoms with Gasteiger partial charge in [0, 0.05) is 18.1 Å². The molecule has 0 saturated heterocycles. The molecule has 3 aromatic carbocycles. The second kappa shape index (κ2) is 10.6. The van der Waals surface area contributed by atoms with Crippen LogP contribution in [0.5, 0.6) is 0 Å². The summed E-state index contributed by atoms with van der Waals surface area (Å²) in [6, 6.07) is 20.2. The molecule has 4 aromatic rings. The molecule has 0 aliphatic carbocycles. The zero-order valence-corrected chi connectivity index (χ0v) is 19.8. The van der Waals surface area contributed by atoms with Crippen molar-refractivity contribution in [1.29, 1.82) is 0 Å². The highest BCUT2D eigenvalue weighted by Crippen LogP contribution is 2.18. The van der Waals surface area contributed by atoms with Gasteiger partial charge in [0.2, 0.25) is 15.9 Å². The number of nitrogens with zero attached hydrogens (tertiary/aromatic N) is 2. The third kappa shape index (κ3) is 6.00. The maximum atomic E-state index is 14.2. The lowest BCUT2D eigenvalue weighted by Crippen LogP contribution is -2.48. The summed E-state index contributed by atoms with van der Waals surface area (Å²) in [5.41, 5.74) is 2.53. The molecule has 9 heteroatoms. The van der Waals surface area contributed by atoms with Crippen LogP contribution in [0.25, 0.3) is 5.69 Å². The minimum Gasteiger partial charge on any atom is -0.348 e. The summed E-state index contributed by atoms with van der Waals surface area (Å²) in [6.45, 7) is 1.81. The first-order chi connectivity index (χ1) is 16.8. The lowest BCUT2D eigenvalue weighted by atomic mass is 10.0. The number of carbonyl (C=O) groups excluding carboxylic acids is 1. The van der Waals surface area contributed by atoms with Crippen LogP contribution in [0.2, 0.25) is 0 Å². The minimum absolute atomic E-state index is 0.104. The zero-order chi connectivity index (χ0) is 24.8. The van der Waals surface area contributed by atoms with E-state index in [0.717, 1.165) is 22.9 Å². The van der Waals surface area contributed by atoms with E-state index in [-0.39, 0.29) is 6.42 Å². The monoisotopic (exact) mass is 492 g/mol. The van der Waals surface area contributed by atoms with Crippen LogP contribution >= 0.6 is 0 Å². The normalized spacial score (nSPS) is 13.2. The highest BCUT2D eigenvalue weighted by Gasteiger charge is 2.28. The van der Waals surface area contributed by atoms with E-state index in [9.17, 15) is 17.6 Å². The number of rotatable bonds is 9. The van der Waals surface area contributed by atoms with Gasteiger partial charge < -0.3 is 9.88 Å². The Balaban J connectivity index is 1.53. The maximum Gasteiger partial charge on any atom is 0.244 e. The largest absolute Gasteiger partial charge is 0.348 e. The molecular formula is C26H25FN4O3S. The molecule has 2 atom stereocenters. The Labute approximate surface area is 203 Å². The van der Waals surface area contributed by atoms with E-state index in [1.54, 1.807) is 36.8 Å². The van der Waals surface area contributed by atoms with Gasteiger partial charge in [-0.15, -0.1) is 0 Å². The van der Waals surface area contributed by atoms with E-state index < -0.39 is 38.7 Å². The summed E-state index contributed by atoms with van der Waals surface area (Å²) >= 11 is 0. The van der Waals surface area contributed by atoms with Gasteiger partial charge in [-0.3, -0.25) is 4.79 Å². The molecular weight excluding hydrogens is 467 g/mol.